The Morgan fingerprint density at radius 1 is 1.50 bits per heavy atom. The number of hydrogen-bond acceptors (Lipinski definition) is 0. The minimum Gasteiger partial charge on any atom is -0.110 e. The lowest BCUT2D eigenvalue weighted by molar-refractivity contribution is 0.509. The molecule has 2 aliphatic rings. The van der Waals surface area contributed by atoms with Crippen LogP contribution in [0.4, 0.5) is 0 Å². The third-order valence-corrected chi connectivity index (χ3v) is 14.3. The zero-order chi connectivity index (χ0) is 10.1. The molecule has 6 unspecified atom stereocenters. The van der Waals surface area contributed by atoms with Gasteiger partial charge in [-0.2, -0.15) is 0 Å². The van der Waals surface area contributed by atoms with Crippen LogP contribution in [0.2, 0.25) is 0 Å². The molecule has 0 aliphatic heterocycles. The van der Waals surface area contributed by atoms with Crippen LogP contribution < -0.4 is 0 Å². The average molecular weight is 262 g/mol. The van der Waals surface area contributed by atoms with Crippen LogP contribution in [0, 0.1) is 5.92 Å². The molecule has 0 N–H and O–H groups in total. The van der Waals surface area contributed by atoms with Crippen molar-refractivity contribution in [1.82, 2.24) is 0 Å². The highest BCUT2D eigenvalue weighted by Gasteiger charge is 2.33. The summed E-state index contributed by atoms with van der Waals surface area (Å²) in [5.41, 5.74) is 4.25. The molecule has 4 heteroatoms. The Hall–Kier alpha value is 1.20. The highest BCUT2D eigenvalue weighted by atomic mass is 32.6. The molecular weight excluding hydrogens is 244 g/mol. The van der Waals surface area contributed by atoms with Crippen LogP contribution in [0.3, 0.4) is 0 Å². The van der Waals surface area contributed by atoms with Crippen molar-refractivity contribution < 1.29 is 0 Å². The van der Waals surface area contributed by atoms with E-state index in [1.165, 1.54) is 19.3 Å². The largest absolute Gasteiger partial charge is 0.110 e. The van der Waals surface area contributed by atoms with Gasteiger partial charge in [-0.05, 0) is 36.3 Å². The minimum atomic E-state index is 0.131. The maximum atomic E-state index is 3.11. The molecule has 0 aromatic rings. The van der Waals surface area contributed by atoms with Crippen LogP contribution in [-0.4, -0.2) is 5.66 Å². The van der Waals surface area contributed by atoms with Gasteiger partial charge < -0.3 is 0 Å². The fourth-order valence-corrected chi connectivity index (χ4v) is 8.39. The van der Waals surface area contributed by atoms with E-state index < -0.39 is 0 Å². The lowest BCUT2D eigenvalue weighted by atomic mass is 9.84. The van der Waals surface area contributed by atoms with Crippen molar-refractivity contribution in [3.63, 3.8) is 0 Å². The molecule has 0 amide bonds. The smallest absolute Gasteiger partial charge is 0.0140 e. The lowest BCUT2D eigenvalue weighted by Gasteiger charge is -2.36. The molecule has 0 nitrogen and oxygen atoms in total. The number of hydrogen-bond donors (Lipinski definition) is 0. The summed E-state index contributed by atoms with van der Waals surface area (Å²) in [5.74, 6) is 0.896. The van der Waals surface area contributed by atoms with Gasteiger partial charge in [0.05, 0.1) is 0 Å². The molecule has 2 aliphatic carbocycles. The van der Waals surface area contributed by atoms with E-state index in [1.807, 2.05) is 0 Å². The SMILES string of the molecule is CC1CCC2=CCC=C2C1P(P)PP. The molecule has 0 spiro atoms. The van der Waals surface area contributed by atoms with Crippen molar-refractivity contribution >= 4 is 33.1 Å². The normalized spacial score (nSPS) is 34.2. The molecule has 1 fully saturated rings. The van der Waals surface area contributed by atoms with Gasteiger partial charge in [-0.25, -0.2) is 0 Å². The van der Waals surface area contributed by atoms with E-state index in [4.69, 9.17) is 0 Å². The number of fused-ring (bicyclic) bond motifs is 1. The first-order valence-electron chi connectivity index (χ1n) is 5.13. The van der Waals surface area contributed by atoms with E-state index in [0.717, 1.165) is 19.5 Å². The van der Waals surface area contributed by atoms with E-state index in [-0.39, 0.29) is 7.30 Å². The molecule has 1 saturated carbocycles. The Bertz CT molecular complexity index is 278. The van der Waals surface area contributed by atoms with E-state index in [9.17, 15) is 0 Å². The quantitative estimate of drug-likeness (QED) is 0.633. The first kappa shape index (κ1) is 11.7. The van der Waals surface area contributed by atoms with Gasteiger partial charge in [0.15, 0.2) is 0 Å². The molecule has 2 rings (SSSR count). The second-order valence-electron chi connectivity index (χ2n) is 4.12. The highest BCUT2D eigenvalue weighted by molar-refractivity contribution is 8.61. The third kappa shape index (κ3) is 2.15. The summed E-state index contributed by atoms with van der Waals surface area (Å²) in [5, 5.41) is 0. The van der Waals surface area contributed by atoms with Crippen molar-refractivity contribution in [2.75, 3.05) is 0 Å². The molecule has 0 aromatic heterocycles. The van der Waals surface area contributed by atoms with Crippen molar-refractivity contribution in [2.45, 2.75) is 31.8 Å². The summed E-state index contributed by atoms with van der Waals surface area (Å²) in [4.78, 5) is 0. The summed E-state index contributed by atoms with van der Waals surface area (Å²) in [6, 6.07) is 0. The van der Waals surface area contributed by atoms with Crippen LogP contribution >= 0.6 is 33.1 Å². The standard InChI is InChI=1S/C10H18P4/c1-7-5-6-8-3-2-4-9(8)10(7)14(12)13-11/h3-4,7,10,13H,2,5-6,11-12H2,1H3. The van der Waals surface area contributed by atoms with Crippen molar-refractivity contribution in [3.05, 3.63) is 23.3 Å². The van der Waals surface area contributed by atoms with Crippen molar-refractivity contribution in [1.29, 1.82) is 0 Å². The third-order valence-electron chi connectivity index (χ3n) is 3.25. The second kappa shape index (κ2) is 5.02. The first-order chi connectivity index (χ1) is 6.74. The van der Waals surface area contributed by atoms with Crippen LogP contribution in [0.15, 0.2) is 23.3 Å². The maximum absolute atomic E-state index is 3.11. The van der Waals surface area contributed by atoms with E-state index >= 15 is 0 Å². The fourth-order valence-electron chi connectivity index (χ4n) is 2.49. The number of rotatable bonds is 2. The highest BCUT2D eigenvalue weighted by Crippen LogP contribution is 2.73. The Balaban J connectivity index is 2.23. The molecule has 14 heavy (non-hydrogen) atoms. The topological polar surface area (TPSA) is 0 Å². The molecular formula is C10H18P4. The van der Waals surface area contributed by atoms with E-state index in [2.05, 4.69) is 36.9 Å². The van der Waals surface area contributed by atoms with Gasteiger partial charge in [0.1, 0.15) is 0 Å². The molecule has 0 bridgehead atoms. The molecule has 6 atom stereocenters. The monoisotopic (exact) mass is 262 g/mol. The summed E-state index contributed by atoms with van der Waals surface area (Å²) in [7, 11) is 7.21. The summed E-state index contributed by atoms with van der Waals surface area (Å²) in [6.45, 7) is 2.44. The van der Waals surface area contributed by atoms with Gasteiger partial charge in [0, 0.05) is 5.66 Å². The average Bonchev–Trinajstić information content (AvgIpc) is 2.64. The Labute approximate surface area is 94.4 Å². The van der Waals surface area contributed by atoms with Gasteiger partial charge in [0.25, 0.3) is 0 Å². The van der Waals surface area contributed by atoms with Gasteiger partial charge in [-0.1, -0.05) is 34.3 Å². The van der Waals surface area contributed by atoms with Gasteiger partial charge in [-0.15, -0.1) is 17.9 Å². The van der Waals surface area contributed by atoms with Gasteiger partial charge >= 0.3 is 0 Å². The Kier molecular flexibility index (Phi) is 4.19. The summed E-state index contributed by atoms with van der Waals surface area (Å²) in [6.07, 6.45) is 8.84. The second-order valence-corrected chi connectivity index (χ2v) is 13.6. The van der Waals surface area contributed by atoms with Crippen LogP contribution in [0.25, 0.3) is 0 Å². The van der Waals surface area contributed by atoms with E-state index in [1.54, 1.807) is 11.1 Å². The van der Waals surface area contributed by atoms with Gasteiger partial charge in [0.2, 0.25) is 0 Å². The predicted octanol–water partition coefficient (Wildman–Crippen LogP) is 4.70. The van der Waals surface area contributed by atoms with Crippen LogP contribution in [-0.2, 0) is 0 Å². The fraction of sp³-hybridized carbons (Fsp3) is 0.600. The first-order valence-corrected chi connectivity index (χ1v) is 11.8. The number of allylic oxidation sites excluding steroid dienone is 4. The van der Waals surface area contributed by atoms with Gasteiger partial charge in [-0.3, -0.25) is 0 Å². The molecule has 0 saturated heterocycles. The predicted molar refractivity (Wildman–Crippen MR) is 77.6 cm³/mol. The molecule has 0 aromatic carbocycles. The maximum Gasteiger partial charge on any atom is 0.0140 e. The Morgan fingerprint density at radius 2 is 2.29 bits per heavy atom. The Morgan fingerprint density at radius 3 is 3.00 bits per heavy atom. The lowest BCUT2D eigenvalue weighted by Crippen LogP contribution is -2.22. The molecule has 78 valence electrons. The van der Waals surface area contributed by atoms with Crippen molar-refractivity contribution in [2.24, 2.45) is 5.92 Å². The van der Waals surface area contributed by atoms with Crippen LogP contribution in [0.5, 0.6) is 0 Å². The zero-order valence-corrected chi connectivity index (χ0v) is 12.7. The van der Waals surface area contributed by atoms with Crippen LogP contribution in [0.1, 0.15) is 26.2 Å². The minimum absolute atomic E-state index is 0.131. The molecule has 0 radical (unpaired) electrons. The summed E-state index contributed by atoms with van der Waals surface area (Å²) < 4.78 is 0. The summed E-state index contributed by atoms with van der Waals surface area (Å²) >= 11 is 0. The zero-order valence-electron chi connectivity index (χ0n) is 8.53. The molecule has 0 heterocycles. The van der Waals surface area contributed by atoms with Crippen molar-refractivity contribution in [3.8, 4) is 0 Å². The van der Waals surface area contributed by atoms with E-state index in [0.29, 0.717) is 0 Å².